The van der Waals surface area contributed by atoms with Crippen molar-refractivity contribution in [3.8, 4) is 11.1 Å². The maximum Gasteiger partial charge on any atom is 0.408 e. The first kappa shape index (κ1) is 28.7. The van der Waals surface area contributed by atoms with Crippen LogP contribution in [0.3, 0.4) is 0 Å². The monoisotopic (exact) mass is 554 g/mol. The Balaban J connectivity index is 1.37. The van der Waals surface area contributed by atoms with Gasteiger partial charge in [-0.25, -0.2) is 4.79 Å². The maximum absolute atomic E-state index is 13.8. The first-order valence-electron chi connectivity index (χ1n) is 12.8. The summed E-state index contributed by atoms with van der Waals surface area (Å²) >= 11 is 0. The van der Waals surface area contributed by atoms with Gasteiger partial charge in [0.2, 0.25) is 5.91 Å². The van der Waals surface area contributed by atoms with Gasteiger partial charge in [-0.15, -0.1) is 0 Å². The van der Waals surface area contributed by atoms with Gasteiger partial charge >= 0.3 is 18.2 Å². The van der Waals surface area contributed by atoms with Crippen molar-refractivity contribution in [3.05, 3.63) is 95.6 Å². The minimum atomic E-state index is -4.82. The Morgan fingerprint density at radius 2 is 1.45 bits per heavy atom. The molecule has 0 aliphatic heterocycles. The highest BCUT2D eigenvalue weighted by Gasteiger charge is 2.41. The lowest BCUT2D eigenvalue weighted by Crippen LogP contribution is -2.46. The number of carboxylic acid groups (broad SMARTS) is 1. The molecule has 0 radical (unpaired) electrons. The van der Waals surface area contributed by atoms with Crippen LogP contribution in [0.25, 0.3) is 11.1 Å². The van der Waals surface area contributed by atoms with E-state index in [1.54, 1.807) is 30.3 Å². The van der Waals surface area contributed by atoms with Crippen LogP contribution in [0, 0.1) is 0 Å². The summed E-state index contributed by atoms with van der Waals surface area (Å²) in [4.78, 5) is 37.6. The molecule has 2 amide bonds. The van der Waals surface area contributed by atoms with Gasteiger partial charge in [-0.3, -0.25) is 9.59 Å². The largest absolute Gasteiger partial charge is 0.481 e. The van der Waals surface area contributed by atoms with Gasteiger partial charge in [0.1, 0.15) is 12.6 Å². The van der Waals surface area contributed by atoms with E-state index in [-0.39, 0.29) is 32.0 Å². The summed E-state index contributed by atoms with van der Waals surface area (Å²) in [5, 5.41) is 10.9. The summed E-state index contributed by atoms with van der Waals surface area (Å²) in [5.74, 6) is -2.09. The van der Waals surface area contributed by atoms with Crippen LogP contribution in [-0.4, -0.2) is 53.3 Å². The third-order valence-corrected chi connectivity index (χ3v) is 6.84. The van der Waals surface area contributed by atoms with Crippen LogP contribution >= 0.6 is 0 Å². The molecule has 3 aromatic rings. The van der Waals surface area contributed by atoms with Crippen molar-refractivity contribution in [3.63, 3.8) is 0 Å². The summed E-state index contributed by atoms with van der Waals surface area (Å²) < 4.78 is 46.6. The number of nitrogens with one attached hydrogen (secondary N) is 1. The highest BCUT2D eigenvalue weighted by atomic mass is 19.4. The SMILES string of the molecule is O=C(O)CCN(Cc1ccccc1)C(=O)CC[C@H](NC(=O)OCC1c2ccccc2-c2ccccc21)C(F)(F)F. The number of benzene rings is 3. The number of halogens is 3. The Morgan fingerprint density at radius 1 is 0.875 bits per heavy atom. The van der Waals surface area contributed by atoms with Gasteiger partial charge in [-0.05, 0) is 34.2 Å². The molecule has 0 fully saturated rings. The van der Waals surface area contributed by atoms with Crippen LogP contribution < -0.4 is 5.32 Å². The number of carboxylic acids is 1. The second-order valence-corrected chi connectivity index (χ2v) is 9.55. The summed E-state index contributed by atoms with van der Waals surface area (Å²) in [6.07, 6.45) is -7.66. The van der Waals surface area contributed by atoms with Crippen molar-refractivity contribution in [2.75, 3.05) is 13.2 Å². The van der Waals surface area contributed by atoms with Crippen LogP contribution in [0.5, 0.6) is 0 Å². The predicted molar refractivity (Wildman–Crippen MR) is 141 cm³/mol. The summed E-state index contributed by atoms with van der Waals surface area (Å²) in [6.45, 7) is -0.244. The average Bonchev–Trinajstić information content (AvgIpc) is 3.25. The number of aliphatic carboxylic acids is 1. The Kier molecular flexibility index (Phi) is 9.08. The second kappa shape index (κ2) is 12.7. The highest BCUT2D eigenvalue weighted by Crippen LogP contribution is 2.44. The molecule has 10 heteroatoms. The van der Waals surface area contributed by atoms with Gasteiger partial charge in [0.15, 0.2) is 0 Å². The fourth-order valence-corrected chi connectivity index (χ4v) is 4.85. The van der Waals surface area contributed by atoms with Crippen molar-refractivity contribution >= 4 is 18.0 Å². The van der Waals surface area contributed by atoms with Crippen molar-refractivity contribution in [1.82, 2.24) is 10.2 Å². The zero-order valence-electron chi connectivity index (χ0n) is 21.6. The Labute approximate surface area is 229 Å². The Morgan fingerprint density at radius 3 is 2.02 bits per heavy atom. The van der Waals surface area contributed by atoms with E-state index in [0.717, 1.165) is 22.3 Å². The molecule has 2 N–H and O–H groups in total. The van der Waals surface area contributed by atoms with Gasteiger partial charge in [0.05, 0.1) is 6.42 Å². The maximum atomic E-state index is 13.8. The Hall–Kier alpha value is -4.34. The van der Waals surface area contributed by atoms with Gasteiger partial charge in [-0.2, -0.15) is 13.2 Å². The molecule has 0 spiro atoms. The number of ether oxygens (including phenoxy) is 1. The quantitative estimate of drug-likeness (QED) is 0.315. The second-order valence-electron chi connectivity index (χ2n) is 9.55. The number of amides is 2. The smallest absolute Gasteiger partial charge is 0.408 e. The number of carbonyl (C=O) groups is 3. The van der Waals surface area contributed by atoms with Crippen molar-refractivity contribution in [2.24, 2.45) is 0 Å². The predicted octanol–water partition coefficient (Wildman–Crippen LogP) is 5.74. The fraction of sp³-hybridized carbons (Fsp3) is 0.300. The van der Waals surface area contributed by atoms with Gasteiger partial charge in [0, 0.05) is 25.4 Å². The molecular weight excluding hydrogens is 525 g/mol. The summed E-state index contributed by atoms with van der Waals surface area (Å²) in [5.41, 5.74) is 4.54. The first-order valence-corrected chi connectivity index (χ1v) is 12.8. The van der Waals surface area contributed by atoms with E-state index in [0.29, 0.717) is 5.56 Å². The topological polar surface area (TPSA) is 95.9 Å². The number of alkyl halides is 3. The molecule has 0 unspecified atom stereocenters. The number of nitrogens with zero attached hydrogens (tertiary/aromatic N) is 1. The van der Waals surface area contributed by atoms with Crippen LogP contribution in [0.2, 0.25) is 0 Å². The lowest BCUT2D eigenvalue weighted by atomic mass is 9.98. The lowest BCUT2D eigenvalue weighted by Gasteiger charge is -2.25. The molecule has 0 heterocycles. The van der Waals surface area contributed by atoms with E-state index < -0.39 is 43.0 Å². The van der Waals surface area contributed by atoms with Crippen LogP contribution in [-0.2, 0) is 20.9 Å². The zero-order chi connectivity index (χ0) is 28.7. The third-order valence-electron chi connectivity index (χ3n) is 6.84. The molecule has 1 atom stereocenters. The van der Waals surface area contributed by atoms with E-state index in [1.807, 2.05) is 53.8 Å². The normalized spacial score (nSPS) is 13.2. The summed E-state index contributed by atoms with van der Waals surface area (Å²) in [6, 6.07) is 21.6. The third kappa shape index (κ3) is 7.19. The number of hydrogen-bond donors (Lipinski definition) is 2. The highest BCUT2D eigenvalue weighted by molar-refractivity contribution is 5.79. The van der Waals surface area contributed by atoms with Crippen molar-refractivity contribution in [1.29, 1.82) is 0 Å². The van der Waals surface area contributed by atoms with E-state index in [1.165, 1.54) is 4.90 Å². The number of carbonyl (C=O) groups excluding carboxylic acids is 2. The van der Waals surface area contributed by atoms with Crippen LogP contribution in [0.15, 0.2) is 78.9 Å². The van der Waals surface area contributed by atoms with Gasteiger partial charge < -0.3 is 20.1 Å². The van der Waals surface area contributed by atoms with E-state index in [4.69, 9.17) is 9.84 Å². The van der Waals surface area contributed by atoms with Crippen LogP contribution in [0.1, 0.15) is 41.9 Å². The summed E-state index contributed by atoms with van der Waals surface area (Å²) in [7, 11) is 0. The fourth-order valence-electron chi connectivity index (χ4n) is 4.85. The molecule has 3 aromatic carbocycles. The minimum absolute atomic E-state index is 0.0590. The molecule has 4 rings (SSSR count). The zero-order valence-corrected chi connectivity index (χ0v) is 21.6. The van der Waals surface area contributed by atoms with Gasteiger partial charge in [-0.1, -0.05) is 78.9 Å². The molecule has 1 aliphatic rings. The lowest BCUT2D eigenvalue weighted by molar-refractivity contribution is -0.157. The molecule has 7 nitrogen and oxygen atoms in total. The van der Waals surface area contributed by atoms with E-state index in [9.17, 15) is 27.6 Å². The van der Waals surface area contributed by atoms with Crippen molar-refractivity contribution in [2.45, 2.75) is 43.9 Å². The number of rotatable bonds is 11. The number of hydrogen-bond acceptors (Lipinski definition) is 4. The molecule has 40 heavy (non-hydrogen) atoms. The van der Waals surface area contributed by atoms with E-state index in [2.05, 4.69) is 0 Å². The van der Waals surface area contributed by atoms with Crippen LogP contribution in [0.4, 0.5) is 18.0 Å². The molecule has 1 aliphatic carbocycles. The van der Waals surface area contributed by atoms with E-state index >= 15 is 0 Å². The number of fused-ring (bicyclic) bond motifs is 3. The average molecular weight is 555 g/mol. The Bertz CT molecular complexity index is 1300. The molecular formula is C30H29F3N2O5. The number of alkyl carbamates (subject to hydrolysis) is 1. The molecule has 210 valence electrons. The molecule has 0 saturated heterocycles. The van der Waals surface area contributed by atoms with Crippen molar-refractivity contribution < 1.29 is 37.4 Å². The standard InChI is InChI=1S/C30H29F3N2O5/c31-30(32,33)26(14-15-27(36)35(17-16-28(37)38)18-20-8-2-1-3-9-20)34-29(39)40-19-25-23-12-6-4-10-21(23)22-11-5-7-13-24(22)25/h1-13,25-26H,14-19H2,(H,34,39)(H,37,38)/t26-/m0/s1. The molecule has 0 saturated carbocycles. The minimum Gasteiger partial charge on any atom is -0.481 e. The molecule has 0 bridgehead atoms. The van der Waals surface area contributed by atoms with Gasteiger partial charge in [0.25, 0.3) is 0 Å². The first-order chi connectivity index (χ1) is 19.1. The molecule has 0 aromatic heterocycles.